The third-order valence-corrected chi connectivity index (χ3v) is 5.25. The van der Waals surface area contributed by atoms with E-state index in [4.69, 9.17) is 14.2 Å². The van der Waals surface area contributed by atoms with Gasteiger partial charge in [0.25, 0.3) is 0 Å². The van der Waals surface area contributed by atoms with Gasteiger partial charge in [-0.15, -0.1) is 0 Å². The van der Waals surface area contributed by atoms with E-state index in [1.54, 1.807) is 24.1 Å². The number of fused-ring (bicyclic) bond motifs is 2. The summed E-state index contributed by atoms with van der Waals surface area (Å²) in [5, 5.41) is 12.0. The molecule has 2 N–H and O–H groups in total. The summed E-state index contributed by atoms with van der Waals surface area (Å²) in [6.07, 6.45) is 6.88. The highest BCUT2D eigenvalue weighted by molar-refractivity contribution is 7.98. The van der Waals surface area contributed by atoms with Gasteiger partial charge in [0.15, 0.2) is 22.3 Å². The molecule has 1 aliphatic heterocycles. The number of rotatable bonds is 10. The molecule has 11 heteroatoms. The molecule has 168 valence electrons. The van der Waals surface area contributed by atoms with Crippen molar-refractivity contribution in [1.82, 2.24) is 25.1 Å². The summed E-state index contributed by atoms with van der Waals surface area (Å²) in [6, 6.07) is 5.53. The molecule has 0 aliphatic carbocycles. The highest BCUT2D eigenvalue weighted by atomic mass is 32.2. The number of carbonyl (C=O) groups is 1. The van der Waals surface area contributed by atoms with Crippen LogP contribution in [0.4, 0.5) is 5.82 Å². The third-order valence-electron chi connectivity index (χ3n) is 4.70. The molecule has 1 aliphatic rings. The highest BCUT2D eigenvalue weighted by Gasteiger charge is 2.14. The quantitative estimate of drug-likeness (QED) is 0.205. The topological polar surface area (TPSA) is 112 Å². The van der Waals surface area contributed by atoms with Crippen LogP contribution in [-0.4, -0.2) is 65.5 Å². The second-order valence-corrected chi connectivity index (χ2v) is 7.59. The van der Waals surface area contributed by atoms with Crippen LogP contribution in [0.5, 0.6) is 11.5 Å². The Morgan fingerprint density at radius 1 is 1.28 bits per heavy atom. The van der Waals surface area contributed by atoms with E-state index in [0.717, 1.165) is 22.4 Å². The molecule has 0 atom stereocenters. The van der Waals surface area contributed by atoms with Crippen molar-refractivity contribution in [1.29, 1.82) is 0 Å². The second kappa shape index (κ2) is 10.3. The van der Waals surface area contributed by atoms with Gasteiger partial charge in [-0.3, -0.25) is 4.79 Å². The van der Waals surface area contributed by atoms with E-state index in [9.17, 15) is 4.79 Å². The number of ether oxygens (including phenoxy) is 3. The van der Waals surface area contributed by atoms with Crippen molar-refractivity contribution >= 4 is 40.6 Å². The average Bonchev–Trinajstić information content (AvgIpc) is 3.44. The minimum atomic E-state index is -0.194. The number of carbonyl (C=O) groups excluding carboxylic acids is 1. The molecule has 4 rings (SSSR count). The van der Waals surface area contributed by atoms with Gasteiger partial charge in [0.2, 0.25) is 12.7 Å². The Balaban J connectivity index is 1.36. The Morgan fingerprint density at radius 2 is 2.16 bits per heavy atom. The fraction of sp³-hybridized carbons (Fsp3) is 0.333. The van der Waals surface area contributed by atoms with Crippen molar-refractivity contribution in [2.45, 2.75) is 11.7 Å². The number of nitrogens with one attached hydrogen (secondary N) is 2. The summed E-state index contributed by atoms with van der Waals surface area (Å²) in [5.41, 5.74) is 1.58. The van der Waals surface area contributed by atoms with Gasteiger partial charge in [0.05, 0.1) is 24.7 Å². The molecule has 0 radical (unpaired) electrons. The molecule has 0 spiro atoms. The first-order chi connectivity index (χ1) is 15.7. The zero-order chi connectivity index (χ0) is 22.3. The van der Waals surface area contributed by atoms with E-state index in [0.29, 0.717) is 42.9 Å². The molecule has 0 fully saturated rings. The average molecular weight is 457 g/mol. The van der Waals surface area contributed by atoms with Crippen molar-refractivity contribution in [3.8, 4) is 11.5 Å². The summed E-state index contributed by atoms with van der Waals surface area (Å²) in [5.74, 6) is 1.92. The smallest absolute Gasteiger partial charge is 0.244 e. The molecule has 10 nitrogen and oxygen atoms in total. The number of benzene rings is 1. The monoisotopic (exact) mass is 456 g/mol. The van der Waals surface area contributed by atoms with Crippen molar-refractivity contribution < 1.29 is 19.0 Å². The zero-order valence-corrected chi connectivity index (χ0v) is 18.6. The summed E-state index contributed by atoms with van der Waals surface area (Å²) in [4.78, 5) is 21.3. The Morgan fingerprint density at radius 3 is 3.00 bits per heavy atom. The first-order valence-electron chi connectivity index (χ1n) is 10.0. The lowest BCUT2D eigenvalue weighted by Crippen LogP contribution is -2.25. The number of aromatic nitrogens is 4. The van der Waals surface area contributed by atoms with Crippen LogP contribution in [-0.2, 0) is 16.1 Å². The molecule has 2 aromatic heterocycles. The molecule has 32 heavy (non-hydrogen) atoms. The van der Waals surface area contributed by atoms with Gasteiger partial charge in [0, 0.05) is 26.3 Å². The lowest BCUT2D eigenvalue weighted by atomic mass is 10.2. The fourth-order valence-corrected chi connectivity index (χ4v) is 3.49. The highest BCUT2D eigenvalue weighted by Crippen LogP contribution is 2.32. The Kier molecular flexibility index (Phi) is 7.07. The van der Waals surface area contributed by atoms with Crippen LogP contribution in [0.15, 0.2) is 35.6 Å². The molecule has 3 aromatic rings. The van der Waals surface area contributed by atoms with Crippen LogP contribution in [0.2, 0.25) is 0 Å². The van der Waals surface area contributed by atoms with Crippen molar-refractivity contribution in [2.24, 2.45) is 0 Å². The Bertz CT molecular complexity index is 1130. The number of anilines is 1. The zero-order valence-electron chi connectivity index (χ0n) is 17.8. The van der Waals surface area contributed by atoms with Gasteiger partial charge in [-0.25, -0.2) is 14.6 Å². The van der Waals surface area contributed by atoms with Crippen molar-refractivity contribution in [3.05, 3.63) is 36.0 Å². The predicted molar refractivity (Wildman–Crippen MR) is 122 cm³/mol. The molecule has 0 saturated heterocycles. The van der Waals surface area contributed by atoms with Gasteiger partial charge in [-0.2, -0.15) is 5.10 Å². The first-order valence-corrected chi connectivity index (χ1v) is 11.3. The molecule has 1 amide bonds. The lowest BCUT2D eigenvalue weighted by molar-refractivity contribution is -0.116. The molecule has 0 bridgehead atoms. The maximum Gasteiger partial charge on any atom is 0.244 e. The second-order valence-electron chi connectivity index (χ2n) is 6.82. The predicted octanol–water partition coefficient (Wildman–Crippen LogP) is 2.16. The number of amides is 1. The van der Waals surface area contributed by atoms with E-state index in [2.05, 4.69) is 25.7 Å². The fourth-order valence-electron chi connectivity index (χ4n) is 3.13. The van der Waals surface area contributed by atoms with Crippen LogP contribution in [0.3, 0.4) is 0 Å². The minimum absolute atomic E-state index is 0.194. The van der Waals surface area contributed by atoms with E-state index in [1.807, 2.05) is 24.5 Å². The number of hydrogen-bond acceptors (Lipinski definition) is 9. The lowest BCUT2D eigenvalue weighted by Gasteiger charge is -2.09. The van der Waals surface area contributed by atoms with Gasteiger partial charge in [-0.1, -0.05) is 17.8 Å². The molecule has 1 aromatic carbocycles. The van der Waals surface area contributed by atoms with Crippen LogP contribution in [0, 0.1) is 0 Å². The van der Waals surface area contributed by atoms with Gasteiger partial charge < -0.3 is 24.8 Å². The summed E-state index contributed by atoms with van der Waals surface area (Å²) in [6.45, 7) is 2.31. The molecule has 0 saturated carbocycles. The van der Waals surface area contributed by atoms with E-state index in [-0.39, 0.29) is 12.7 Å². The largest absolute Gasteiger partial charge is 0.454 e. The Hall–Kier alpha value is -3.31. The summed E-state index contributed by atoms with van der Waals surface area (Å²) < 4.78 is 17.5. The number of methoxy groups -OCH3 is 1. The van der Waals surface area contributed by atoms with E-state index < -0.39 is 0 Å². The standard InChI is InChI=1S/C21H24N6O4S/c1-29-10-8-23-19-15-12-24-27(20(15)26-21(25-19)32-2)9-7-22-18(28)6-4-14-3-5-16-17(11-14)31-13-30-16/h3-6,11-12H,7-10,13H2,1-2H3,(H,22,28)(H,23,25,26). The third kappa shape index (κ3) is 5.11. The SMILES string of the molecule is COCCNc1nc(SC)nc2c1cnn2CCNC(=O)C=Cc1ccc2c(c1)OCO2. The Labute approximate surface area is 189 Å². The van der Waals surface area contributed by atoms with Crippen molar-refractivity contribution in [3.63, 3.8) is 0 Å². The maximum absolute atomic E-state index is 12.2. The summed E-state index contributed by atoms with van der Waals surface area (Å²) >= 11 is 1.46. The van der Waals surface area contributed by atoms with Gasteiger partial charge in [0.1, 0.15) is 5.82 Å². The molecule has 3 heterocycles. The number of nitrogens with zero attached hydrogens (tertiary/aromatic N) is 4. The van der Waals surface area contributed by atoms with Gasteiger partial charge >= 0.3 is 0 Å². The maximum atomic E-state index is 12.2. The van der Waals surface area contributed by atoms with Crippen LogP contribution >= 0.6 is 11.8 Å². The molecular weight excluding hydrogens is 432 g/mol. The van der Waals surface area contributed by atoms with E-state index in [1.165, 1.54) is 17.8 Å². The number of hydrogen-bond donors (Lipinski definition) is 2. The normalized spacial score (nSPS) is 12.6. The molecular formula is C21H24N6O4S. The van der Waals surface area contributed by atoms with Crippen molar-refractivity contribution in [2.75, 3.05) is 45.2 Å². The van der Waals surface area contributed by atoms with E-state index >= 15 is 0 Å². The number of thioether (sulfide) groups is 1. The van der Waals surface area contributed by atoms with Crippen LogP contribution < -0.4 is 20.1 Å². The molecule has 0 unspecified atom stereocenters. The van der Waals surface area contributed by atoms with Crippen LogP contribution in [0.25, 0.3) is 17.1 Å². The van der Waals surface area contributed by atoms with Gasteiger partial charge in [-0.05, 0) is 30.0 Å². The minimum Gasteiger partial charge on any atom is -0.454 e. The van der Waals surface area contributed by atoms with Crippen LogP contribution in [0.1, 0.15) is 5.56 Å². The first kappa shape index (κ1) is 21.9. The summed E-state index contributed by atoms with van der Waals surface area (Å²) in [7, 11) is 1.65.